The maximum Gasteiger partial charge on any atom is 0.342 e. The summed E-state index contributed by atoms with van der Waals surface area (Å²) >= 11 is 0. The fraction of sp³-hybridized carbons (Fsp3) is 0.857. The molecule has 0 aliphatic carbocycles. The Kier molecular flexibility index (Phi) is 10.9. The molecule has 0 aromatic rings. The van der Waals surface area contributed by atoms with Gasteiger partial charge in [-0.3, -0.25) is 0 Å². The van der Waals surface area contributed by atoms with Crippen LogP contribution in [-0.2, 0) is 17.1 Å². The first-order valence-electron chi connectivity index (χ1n) is 7.86. The van der Waals surface area contributed by atoms with E-state index in [1.807, 2.05) is 6.92 Å². The molecule has 0 heterocycles. The Hall–Kier alpha value is 0.448. The van der Waals surface area contributed by atoms with E-state index in [2.05, 4.69) is 72.1 Å². The van der Waals surface area contributed by atoms with Crippen molar-refractivity contribution in [2.45, 2.75) is 65.8 Å². The van der Waals surface area contributed by atoms with E-state index in [9.17, 15) is 0 Å². The highest BCUT2D eigenvalue weighted by molar-refractivity contribution is 6.89. The molecule has 0 bridgehead atoms. The van der Waals surface area contributed by atoms with E-state index in [1.165, 1.54) is 0 Å². The molecule has 0 aromatic carbocycles. The molecule has 22 heavy (non-hydrogen) atoms. The van der Waals surface area contributed by atoms with Gasteiger partial charge in [0.2, 0.25) is 0 Å². The highest BCUT2D eigenvalue weighted by Gasteiger charge is 2.44. The molecule has 8 heteroatoms. The van der Waals surface area contributed by atoms with Crippen LogP contribution in [0, 0.1) is 0 Å². The van der Waals surface area contributed by atoms with Gasteiger partial charge in [-0.05, 0) is 65.8 Å². The average molecular weight is 383 g/mol. The third-order valence-corrected chi connectivity index (χ3v) is 15.1. The minimum atomic E-state index is -2.34. The topological polar surface area (TPSA) is 36.9 Å². The summed E-state index contributed by atoms with van der Waals surface area (Å²) in [5, 5.41) is 0. The normalized spacial score (nSPS) is 15.7. The number of hydrogen-bond donors (Lipinski definition) is 0. The van der Waals surface area contributed by atoms with Crippen LogP contribution < -0.4 is 0 Å². The third-order valence-electron chi connectivity index (χ3n) is 2.10. The summed E-state index contributed by atoms with van der Waals surface area (Å²) < 4.78 is 24.8. The predicted octanol–water partition coefficient (Wildman–Crippen LogP) is 4.86. The van der Waals surface area contributed by atoms with Crippen LogP contribution in [0.4, 0.5) is 0 Å². The van der Waals surface area contributed by atoms with Crippen molar-refractivity contribution in [3.05, 3.63) is 13.2 Å². The van der Waals surface area contributed by atoms with Crippen LogP contribution in [0.25, 0.3) is 0 Å². The molecule has 4 nitrogen and oxygen atoms in total. The Balaban J connectivity index is 0. The van der Waals surface area contributed by atoms with Crippen molar-refractivity contribution in [3.8, 4) is 0 Å². The van der Waals surface area contributed by atoms with Gasteiger partial charge in [0.1, 0.15) is 0 Å². The van der Waals surface area contributed by atoms with Crippen molar-refractivity contribution in [3.63, 3.8) is 0 Å². The molecule has 0 spiro atoms. The molecule has 0 radical (unpaired) electrons. The summed E-state index contributed by atoms with van der Waals surface area (Å²) in [5.41, 5.74) is 0. The van der Waals surface area contributed by atoms with E-state index in [0.29, 0.717) is 12.8 Å². The molecular formula is C14H38O4Si4. The second-order valence-corrected chi connectivity index (χ2v) is 24.0. The second kappa shape index (κ2) is 9.67. The first kappa shape index (κ1) is 24.7. The lowest BCUT2D eigenvalue weighted by Gasteiger charge is -2.40. The molecule has 0 aliphatic heterocycles. The highest BCUT2D eigenvalue weighted by atomic mass is 28.5. The summed E-state index contributed by atoms with van der Waals surface area (Å²) in [7, 11) is -7.80. The summed E-state index contributed by atoms with van der Waals surface area (Å²) in [6, 6.07) is 0. The Morgan fingerprint density at radius 1 is 0.682 bits per heavy atom. The van der Waals surface area contributed by atoms with Crippen molar-refractivity contribution < 1.29 is 17.1 Å². The van der Waals surface area contributed by atoms with Crippen LogP contribution in [-0.4, -0.2) is 46.6 Å². The van der Waals surface area contributed by atoms with Crippen LogP contribution in [0.1, 0.15) is 6.92 Å². The fourth-order valence-corrected chi connectivity index (χ4v) is 19.7. The van der Waals surface area contributed by atoms with Crippen LogP contribution in [0.15, 0.2) is 13.2 Å². The maximum absolute atomic E-state index is 6.46. The van der Waals surface area contributed by atoms with E-state index in [0.717, 1.165) is 0 Å². The Bertz CT molecular complexity index is 313. The summed E-state index contributed by atoms with van der Waals surface area (Å²) in [6.45, 7) is 28.2. The molecule has 0 saturated heterocycles. The van der Waals surface area contributed by atoms with Crippen molar-refractivity contribution >= 4 is 33.8 Å². The van der Waals surface area contributed by atoms with Gasteiger partial charge >= 0.3 is 17.1 Å². The van der Waals surface area contributed by atoms with Crippen LogP contribution in [0.3, 0.4) is 0 Å². The molecule has 0 saturated carbocycles. The fourth-order valence-electron chi connectivity index (χ4n) is 2.29. The van der Waals surface area contributed by atoms with Crippen molar-refractivity contribution in [2.24, 2.45) is 0 Å². The van der Waals surface area contributed by atoms with Gasteiger partial charge in [0.05, 0.1) is 6.23 Å². The first-order valence-corrected chi connectivity index (χ1v) is 20.0. The quantitative estimate of drug-likeness (QED) is 0.421. The maximum atomic E-state index is 6.46. The van der Waals surface area contributed by atoms with Crippen LogP contribution in [0.5, 0.6) is 0 Å². The van der Waals surface area contributed by atoms with Gasteiger partial charge in [-0.25, -0.2) is 0 Å². The van der Waals surface area contributed by atoms with Crippen LogP contribution >= 0.6 is 0 Å². The van der Waals surface area contributed by atoms with Crippen LogP contribution in [0.2, 0.25) is 58.9 Å². The van der Waals surface area contributed by atoms with Gasteiger partial charge in [0.25, 0.3) is 0 Å². The third kappa shape index (κ3) is 14.1. The van der Waals surface area contributed by atoms with Crippen molar-refractivity contribution in [1.82, 2.24) is 0 Å². The lowest BCUT2D eigenvalue weighted by Crippen LogP contribution is -2.59. The largest absolute Gasteiger partial charge is 0.437 e. The Morgan fingerprint density at radius 2 is 1.09 bits per heavy atom. The molecule has 0 fully saturated rings. The molecule has 1 unspecified atom stereocenters. The standard InChI is InChI=1S/C12H34O4Si4.C2H4/c1-11-13-12-20(10,15-18(5,6)7)16-19(8,9)14-17(2,3)4;1-2/h11-12H2,1-10H3;1-2H2. The molecule has 0 aliphatic rings. The summed E-state index contributed by atoms with van der Waals surface area (Å²) in [6.07, 6.45) is 0.583. The zero-order valence-corrected chi connectivity index (χ0v) is 20.5. The van der Waals surface area contributed by atoms with E-state index < -0.39 is 33.8 Å². The van der Waals surface area contributed by atoms with Gasteiger partial charge in [-0.1, -0.05) is 0 Å². The minimum Gasteiger partial charge on any atom is -0.437 e. The number of ether oxygens (including phenoxy) is 1. The van der Waals surface area contributed by atoms with Gasteiger partial charge in [-0.2, -0.15) is 0 Å². The second-order valence-electron chi connectivity index (χ2n) is 7.70. The molecular weight excluding hydrogens is 344 g/mol. The van der Waals surface area contributed by atoms with Gasteiger partial charge in [0.15, 0.2) is 16.6 Å². The van der Waals surface area contributed by atoms with Gasteiger partial charge in [0, 0.05) is 6.61 Å². The average Bonchev–Trinajstić information content (AvgIpc) is 2.22. The van der Waals surface area contributed by atoms with E-state index in [4.69, 9.17) is 17.1 Å². The smallest absolute Gasteiger partial charge is 0.342 e. The van der Waals surface area contributed by atoms with E-state index >= 15 is 0 Å². The number of hydrogen-bond acceptors (Lipinski definition) is 4. The molecule has 0 rings (SSSR count). The predicted molar refractivity (Wildman–Crippen MR) is 107 cm³/mol. The SMILES string of the molecule is C=C.CCOC[Si](C)(O[Si](C)(C)C)O[Si](C)(C)O[Si](C)(C)C. The zero-order valence-electron chi connectivity index (χ0n) is 16.5. The lowest BCUT2D eigenvalue weighted by molar-refractivity contribution is 0.158. The molecule has 0 N–H and O–H groups in total. The van der Waals surface area contributed by atoms with E-state index in [-0.39, 0.29) is 0 Å². The van der Waals surface area contributed by atoms with Crippen molar-refractivity contribution in [1.29, 1.82) is 0 Å². The van der Waals surface area contributed by atoms with Crippen molar-refractivity contribution in [2.75, 3.05) is 12.8 Å². The van der Waals surface area contributed by atoms with E-state index in [1.54, 1.807) is 0 Å². The molecule has 0 amide bonds. The highest BCUT2D eigenvalue weighted by Crippen LogP contribution is 2.24. The van der Waals surface area contributed by atoms with Gasteiger partial charge < -0.3 is 17.1 Å². The Labute approximate surface area is 143 Å². The number of rotatable bonds is 9. The zero-order chi connectivity index (χ0) is 18.2. The minimum absolute atomic E-state index is 0.583. The summed E-state index contributed by atoms with van der Waals surface area (Å²) in [4.78, 5) is 0. The molecule has 1 atom stereocenters. The monoisotopic (exact) mass is 382 g/mol. The first-order chi connectivity index (χ1) is 9.68. The molecule has 134 valence electrons. The summed E-state index contributed by atoms with van der Waals surface area (Å²) in [5.74, 6) is 0. The lowest BCUT2D eigenvalue weighted by atomic mass is 10.9. The molecule has 0 aromatic heterocycles. The Morgan fingerprint density at radius 3 is 1.41 bits per heavy atom. The van der Waals surface area contributed by atoms with Gasteiger partial charge in [-0.15, -0.1) is 13.2 Å².